The monoisotopic (exact) mass is 592 g/mol. The summed E-state index contributed by atoms with van der Waals surface area (Å²) in [6.07, 6.45) is 6.80. The molecule has 4 aromatic rings. The van der Waals surface area contributed by atoms with Gasteiger partial charge in [-0.25, -0.2) is 9.97 Å². The van der Waals surface area contributed by atoms with E-state index >= 15 is 0 Å². The van der Waals surface area contributed by atoms with E-state index in [-0.39, 0.29) is 29.7 Å². The van der Waals surface area contributed by atoms with Crippen LogP contribution in [0.4, 0.5) is 5.82 Å². The van der Waals surface area contributed by atoms with E-state index in [4.69, 9.17) is 9.52 Å². The standard InChI is InChI=1S/C32H32N8O4/c1-18(41)35-27-8-4-20(16-34-27)19-3-7-22-25(13-19)44-28(36-22)14-23(29(42)38-32(17-33)11-12-32)37-30(43)24-15-26(31(2)9-10-31)39-40(24)21-5-6-21/h3-4,7-8,13,15-16,21,23H,5-6,9-12,14H2,1-2H3,(H,37,43)(H,38,42)(H,34,35,41). The number of aromatic nitrogens is 4. The number of rotatable bonds is 10. The summed E-state index contributed by atoms with van der Waals surface area (Å²) in [6.45, 7) is 3.57. The zero-order chi connectivity index (χ0) is 30.6. The number of hydrogen-bond acceptors (Lipinski definition) is 8. The lowest BCUT2D eigenvalue weighted by molar-refractivity contribution is -0.123. The van der Waals surface area contributed by atoms with Gasteiger partial charge in [-0.05, 0) is 74.4 Å². The Hall–Kier alpha value is -5.05. The number of nitrogens with zero attached hydrogens (tertiary/aromatic N) is 5. The molecule has 0 aliphatic heterocycles. The number of nitriles is 1. The lowest BCUT2D eigenvalue weighted by Gasteiger charge is -2.19. The van der Waals surface area contributed by atoms with Crippen LogP contribution in [0.15, 0.2) is 47.0 Å². The van der Waals surface area contributed by atoms with Gasteiger partial charge in [0.25, 0.3) is 5.91 Å². The van der Waals surface area contributed by atoms with Crippen LogP contribution < -0.4 is 16.0 Å². The average molecular weight is 593 g/mol. The Kier molecular flexibility index (Phi) is 6.49. The molecule has 44 heavy (non-hydrogen) atoms. The maximum absolute atomic E-state index is 13.7. The van der Waals surface area contributed by atoms with Crippen molar-refractivity contribution in [2.24, 2.45) is 0 Å². The number of benzene rings is 1. The SMILES string of the molecule is CC(=O)Nc1ccc(-c2ccc3nc(CC(NC(=O)c4cc(C5(C)CC5)nn4C4CC4)C(=O)NC4(C#N)CC4)oc3c2)cn1. The summed E-state index contributed by atoms with van der Waals surface area (Å²) in [6, 6.07) is 12.3. The lowest BCUT2D eigenvalue weighted by atomic mass is 10.1. The molecule has 1 aromatic carbocycles. The number of amides is 3. The van der Waals surface area contributed by atoms with Gasteiger partial charge in [0, 0.05) is 24.1 Å². The van der Waals surface area contributed by atoms with Gasteiger partial charge in [-0.3, -0.25) is 19.1 Å². The molecule has 7 rings (SSSR count). The molecule has 12 nitrogen and oxygen atoms in total. The Labute approximate surface area is 253 Å². The van der Waals surface area contributed by atoms with Crippen molar-refractivity contribution in [1.29, 1.82) is 5.26 Å². The van der Waals surface area contributed by atoms with E-state index in [0.29, 0.717) is 35.5 Å². The highest BCUT2D eigenvalue weighted by Crippen LogP contribution is 2.48. The topological polar surface area (TPSA) is 168 Å². The van der Waals surface area contributed by atoms with E-state index in [1.807, 2.05) is 30.3 Å². The lowest BCUT2D eigenvalue weighted by Crippen LogP contribution is -2.51. The molecule has 0 radical (unpaired) electrons. The number of fused-ring (bicyclic) bond motifs is 1. The first kappa shape index (κ1) is 27.8. The molecule has 3 aliphatic rings. The highest BCUT2D eigenvalue weighted by Gasteiger charge is 2.46. The molecule has 1 unspecified atom stereocenters. The van der Waals surface area contributed by atoms with Gasteiger partial charge in [-0.15, -0.1) is 0 Å². The molecular weight excluding hydrogens is 560 g/mol. The van der Waals surface area contributed by atoms with Gasteiger partial charge >= 0.3 is 0 Å². The molecule has 3 heterocycles. The van der Waals surface area contributed by atoms with E-state index in [0.717, 1.165) is 42.5 Å². The Morgan fingerprint density at radius 3 is 2.52 bits per heavy atom. The number of nitrogens with one attached hydrogen (secondary N) is 3. The van der Waals surface area contributed by atoms with E-state index in [9.17, 15) is 19.6 Å². The van der Waals surface area contributed by atoms with Gasteiger partial charge in [-0.2, -0.15) is 10.4 Å². The van der Waals surface area contributed by atoms with Crippen molar-refractivity contribution in [3.8, 4) is 17.2 Å². The number of carbonyl (C=O) groups is 3. The first-order valence-electron chi connectivity index (χ1n) is 14.9. The molecule has 0 spiro atoms. The van der Waals surface area contributed by atoms with Gasteiger partial charge in [0.15, 0.2) is 11.5 Å². The van der Waals surface area contributed by atoms with Crippen LogP contribution in [-0.4, -0.2) is 49.1 Å². The third-order valence-corrected chi connectivity index (χ3v) is 8.64. The van der Waals surface area contributed by atoms with Gasteiger partial charge < -0.3 is 20.4 Å². The Bertz CT molecular complexity index is 1840. The van der Waals surface area contributed by atoms with Crippen molar-refractivity contribution in [2.45, 2.75) is 81.8 Å². The third-order valence-electron chi connectivity index (χ3n) is 8.64. The molecule has 3 N–H and O–H groups in total. The molecular formula is C32H32N8O4. The van der Waals surface area contributed by atoms with Crippen LogP contribution >= 0.6 is 0 Å². The first-order chi connectivity index (χ1) is 21.1. The fourth-order valence-corrected chi connectivity index (χ4v) is 5.29. The molecule has 3 amide bonds. The number of anilines is 1. The van der Waals surface area contributed by atoms with Crippen LogP contribution in [0, 0.1) is 11.3 Å². The van der Waals surface area contributed by atoms with Crippen molar-refractivity contribution in [3.05, 3.63) is 59.9 Å². The summed E-state index contributed by atoms with van der Waals surface area (Å²) in [5.74, 6) is -0.318. The maximum atomic E-state index is 13.7. The highest BCUT2D eigenvalue weighted by molar-refractivity contribution is 5.97. The molecule has 3 aliphatic carbocycles. The predicted molar refractivity (Wildman–Crippen MR) is 159 cm³/mol. The second-order valence-corrected chi connectivity index (χ2v) is 12.5. The van der Waals surface area contributed by atoms with E-state index in [1.54, 1.807) is 16.9 Å². The Morgan fingerprint density at radius 1 is 1.11 bits per heavy atom. The van der Waals surface area contributed by atoms with Crippen LogP contribution in [0.25, 0.3) is 22.2 Å². The van der Waals surface area contributed by atoms with Crippen LogP contribution in [-0.2, 0) is 21.4 Å². The van der Waals surface area contributed by atoms with Crippen molar-refractivity contribution >= 4 is 34.6 Å². The summed E-state index contributed by atoms with van der Waals surface area (Å²) in [5, 5.41) is 22.7. The third kappa shape index (κ3) is 5.53. The molecule has 1 atom stereocenters. The van der Waals surface area contributed by atoms with Crippen LogP contribution in [0.2, 0.25) is 0 Å². The first-order valence-corrected chi connectivity index (χ1v) is 14.9. The van der Waals surface area contributed by atoms with Crippen molar-refractivity contribution in [1.82, 2.24) is 30.4 Å². The summed E-state index contributed by atoms with van der Waals surface area (Å²) in [4.78, 5) is 47.3. The average Bonchev–Trinajstić information content (AvgIpc) is 3.97. The van der Waals surface area contributed by atoms with Crippen LogP contribution in [0.5, 0.6) is 0 Å². The number of oxazole rings is 1. The fraction of sp³-hybridized carbons (Fsp3) is 0.406. The number of pyridine rings is 1. The van der Waals surface area contributed by atoms with Crippen molar-refractivity contribution in [2.75, 3.05) is 5.32 Å². The van der Waals surface area contributed by atoms with Crippen LogP contribution in [0.1, 0.15) is 80.5 Å². The summed E-state index contributed by atoms with van der Waals surface area (Å²) in [5.41, 5.74) is 3.22. The normalized spacial score (nSPS) is 18.2. The minimum Gasteiger partial charge on any atom is -0.441 e. The molecule has 0 saturated heterocycles. The predicted octanol–water partition coefficient (Wildman–Crippen LogP) is 3.94. The maximum Gasteiger partial charge on any atom is 0.270 e. The van der Waals surface area contributed by atoms with Crippen molar-refractivity contribution in [3.63, 3.8) is 0 Å². The van der Waals surface area contributed by atoms with Gasteiger partial charge in [0.1, 0.15) is 28.6 Å². The van der Waals surface area contributed by atoms with E-state index in [2.05, 4.69) is 38.9 Å². The van der Waals surface area contributed by atoms with E-state index in [1.165, 1.54) is 6.92 Å². The fourth-order valence-electron chi connectivity index (χ4n) is 5.29. The molecule has 0 bridgehead atoms. The minimum absolute atomic E-state index is 0.00178. The second kappa shape index (κ2) is 10.3. The molecule has 3 saturated carbocycles. The number of hydrogen-bond donors (Lipinski definition) is 3. The van der Waals surface area contributed by atoms with Gasteiger partial charge in [-0.1, -0.05) is 13.0 Å². The highest BCUT2D eigenvalue weighted by atomic mass is 16.3. The second-order valence-electron chi connectivity index (χ2n) is 12.5. The van der Waals surface area contributed by atoms with Gasteiger partial charge in [0.05, 0.1) is 24.2 Å². The molecule has 3 aromatic heterocycles. The molecule has 3 fully saturated rings. The van der Waals surface area contributed by atoms with Gasteiger partial charge in [0.2, 0.25) is 11.8 Å². The summed E-state index contributed by atoms with van der Waals surface area (Å²) in [7, 11) is 0. The van der Waals surface area contributed by atoms with E-state index < -0.39 is 23.4 Å². The van der Waals surface area contributed by atoms with Crippen LogP contribution in [0.3, 0.4) is 0 Å². The number of carbonyl (C=O) groups excluding carboxylic acids is 3. The molecule has 12 heteroatoms. The zero-order valence-electron chi connectivity index (χ0n) is 24.5. The summed E-state index contributed by atoms with van der Waals surface area (Å²) < 4.78 is 7.88. The Balaban J connectivity index is 1.14. The smallest absolute Gasteiger partial charge is 0.270 e. The molecule has 224 valence electrons. The quantitative estimate of drug-likeness (QED) is 0.249. The largest absolute Gasteiger partial charge is 0.441 e. The minimum atomic E-state index is -1.02. The Morgan fingerprint density at radius 2 is 1.89 bits per heavy atom. The summed E-state index contributed by atoms with van der Waals surface area (Å²) >= 11 is 0. The van der Waals surface area contributed by atoms with Crippen molar-refractivity contribution < 1.29 is 18.8 Å². The zero-order valence-corrected chi connectivity index (χ0v) is 24.5.